The van der Waals surface area contributed by atoms with Gasteiger partial charge in [0.15, 0.2) is 0 Å². The highest BCUT2D eigenvalue weighted by atomic mass is 15.4. The average molecular weight is 180 g/mol. The van der Waals surface area contributed by atoms with E-state index in [-0.39, 0.29) is 0 Å². The van der Waals surface area contributed by atoms with Crippen molar-refractivity contribution in [3.8, 4) is 0 Å². The summed E-state index contributed by atoms with van der Waals surface area (Å²) in [6.45, 7) is 0.829. The predicted molar refractivity (Wildman–Crippen MR) is 50.2 cm³/mol. The van der Waals surface area contributed by atoms with Crippen LogP contribution in [0.1, 0.15) is 24.2 Å². The van der Waals surface area contributed by atoms with Crippen LogP contribution in [-0.4, -0.2) is 22.0 Å². The molecule has 1 aliphatic carbocycles. The zero-order chi connectivity index (χ0) is 9.26. The van der Waals surface area contributed by atoms with Gasteiger partial charge in [-0.05, 0) is 32.2 Å². The fourth-order valence-corrected chi connectivity index (χ4v) is 1.57. The van der Waals surface area contributed by atoms with E-state index in [1.54, 1.807) is 0 Å². The largest absolute Gasteiger partial charge is 0.314 e. The summed E-state index contributed by atoms with van der Waals surface area (Å²) >= 11 is 0. The van der Waals surface area contributed by atoms with Crippen molar-refractivity contribution in [1.29, 1.82) is 0 Å². The molecule has 0 aliphatic heterocycles. The zero-order valence-corrected chi connectivity index (χ0v) is 8.25. The van der Waals surface area contributed by atoms with E-state index in [9.17, 15) is 0 Å². The minimum absolute atomic E-state index is 0.829. The van der Waals surface area contributed by atoms with E-state index >= 15 is 0 Å². The van der Waals surface area contributed by atoms with E-state index in [1.807, 2.05) is 18.8 Å². The molecule has 72 valence electrons. The average Bonchev–Trinajstić information content (AvgIpc) is 2.86. The number of hydrogen-bond acceptors (Lipinski definition) is 3. The van der Waals surface area contributed by atoms with E-state index in [0.717, 1.165) is 24.6 Å². The van der Waals surface area contributed by atoms with Gasteiger partial charge in [-0.3, -0.25) is 4.68 Å². The number of hydrogen-bond donors (Lipinski definition) is 1. The Labute approximate surface area is 78.3 Å². The molecule has 0 saturated heterocycles. The fourth-order valence-electron chi connectivity index (χ4n) is 1.57. The molecular weight excluding hydrogens is 164 g/mol. The summed E-state index contributed by atoms with van der Waals surface area (Å²) in [4.78, 5) is 0. The SMILES string of the molecule is CNCc1nnn(C)c1CC1CC1. The monoisotopic (exact) mass is 180 g/mol. The summed E-state index contributed by atoms with van der Waals surface area (Å²) in [5, 5.41) is 11.3. The van der Waals surface area contributed by atoms with Gasteiger partial charge in [0, 0.05) is 13.6 Å². The summed E-state index contributed by atoms with van der Waals surface area (Å²) in [7, 11) is 3.92. The van der Waals surface area contributed by atoms with Crippen LogP contribution in [0.2, 0.25) is 0 Å². The second-order valence-corrected chi connectivity index (χ2v) is 3.78. The van der Waals surface area contributed by atoms with Crippen LogP contribution in [0.5, 0.6) is 0 Å². The minimum atomic E-state index is 0.829. The van der Waals surface area contributed by atoms with E-state index < -0.39 is 0 Å². The smallest absolute Gasteiger partial charge is 0.0996 e. The summed E-state index contributed by atoms with van der Waals surface area (Å²) in [5.74, 6) is 0.896. The molecule has 0 atom stereocenters. The molecule has 1 aromatic heterocycles. The second kappa shape index (κ2) is 3.46. The van der Waals surface area contributed by atoms with Crippen LogP contribution in [0, 0.1) is 5.92 Å². The quantitative estimate of drug-likeness (QED) is 0.733. The van der Waals surface area contributed by atoms with Crippen molar-refractivity contribution in [1.82, 2.24) is 20.3 Å². The highest BCUT2D eigenvalue weighted by Crippen LogP contribution is 2.32. The normalized spacial score (nSPS) is 16.5. The van der Waals surface area contributed by atoms with Gasteiger partial charge in [0.1, 0.15) is 0 Å². The van der Waals surface area contributed by atoms with Crippen molar-refractivity contribution in [3.05, 3.63) is 11.4 Å². The third kappa shape index (κ3) is 1.88. The molecule has 4 nitrogen and oxygen atoms in total. The summed E-state index contributed by atoms with van der Waals surface area (Å²) in [5.41, 5.74) is 2.41. The fraction of sp³-hybridized carbons (Fsp3) is 0.778. The van der Waals surface area contributed by atoms with Crippen molar-refractivity contribution < 1.29 is 0 Å². The van der Waals surface area contributed by atoms with Crippen LogP contribution >= 0.6 is 0 Å². The summed E-state index contributed by atoms with van der Waals surface area (Å²) in [6, 6.07) is 0. The number of nitrogens with one attached hydrogen (secondary N) is 1. The number of nitrogens with zero attached hydrogens (tertiary/aromatic N) is 3. The van der Waals surface area contributed by atoms with Crippen molar-refractivity contribution in [2.24, 2.45) is 13.0 Å². The molecule has 1 aliphatic rings. The Hall–Kier alpha value is -0.900. The molecule has 1 saturated carbocycles. The maximum Gasteiger partial charge on any atom is 0.0996 e. The maximum atomic E-state index is 4.14. The first kappa shape index (κ1) is 8.69. The number of rotatable bonds is 4. The first-order valence-electron chi connectivity index (χ1n) is 4.83. The molecule has 0 bridgehead atoms. The van der Waals surface area contributed by atoms with Gasteiger partial charge < -0.3 is 5.32 Å². The minimum Gasteiger partial charge on any atom is -0.314 e. The first-order chi connectivity index (χ1) is 6.31. The molecule has 1 heterocycles. The van der Waals surface area contributed by atoms with E-state index in [1.165, 1.54) is 18.5 Å². The van der Waals surface area contributed by atoms with Crippen molar-refractivity contribution >= 4 is 0 Å². The highest BCUT2D eigenvalue weighted by Gasteiger charge is 2.24. The lowest BCUT2D eigenvalue weighted by molar-refractivity contribution is 0.653. The molecular formula is C9H16N4. The summed E-state index contributed by atoms with van der Waals surface area (Å²) in [6.07, 6.45) is 3.91. The van der Waals surface area contributed by atoms with Gasteiger partial charge in [-0.25, -0.2) is 0 Å². The van der Waals surface area contributed by atoms with Gasteiger partial charge in [0.25, 0.3) is 0 Å². The van der Waals surface area contributed by atoms with Crippen molar-refractivity contribution in [2.75, 3.05) is 7.05 Å². The van der Waals surface area contributed by atoms with Gasteiger partial charge in [-0.15, -0.1) is 5.10 Å². The van der Waals surface area contributed by atoms with Gasteiger partial charge in [-0.2, -0.15) is 0 Å². The second-order valence-electron chi connectivity index (χ2n) is 3.78. The van der Waals surface area contributed by atoms with Crippen LogP contribution in [0.15, 0.2) is 0 Å². The van der Waals surface area contributed by atoms with Gasteiger partial charge >= 0.3 is 0 Å². The third-order valence-corrected chi connectivity index (χ3v) is 2.55. The molecule has 0 aromatic carbocycles. The lowest BCUT2D eigenvalue weighted by atomic mass is 10.2. The molecule has 1 aromatic rings. The van der Waals surface area contributed by atoms with Crippen LogP contribution in [-0.2, 0) is 20.0 Å². The number of aromatic nitrogens is 3. The van der Waals surface area contributed by atoms with Gasteiger partial charge in [-0.1, -0.05) is 5.21 Å². The molecule has 0 spiro atoms. The first-order valence-corrected chi connectivity index (χ1v) is 4.83. The Kier molecular flexibility index (Phi) is 2.31. The Morgan fingerprint density at radius 2 is 2.31 bits per heavy atom. The van der Waals surface area contributed by atoms with E-state index in [2.05, 4.69) is 15.6 Å². The molecule has 4 heteroatoms. The van der Waals surface area contributed by atoms with E-state index in [4.69, 9.17) is 0 Å². The third-order valence-electron chi connectivity index (χ3n) is 2.55. The van der Waals surface area contributed by atoms with Crippen LogP contribution < -0.4 is 5.32 Å². The Morgan fingerprint density at radius 1 is 1.54 bits per heavy atom. The number of aryl methyl sites for hydroxylation is 1. The van der Waals surface area contributed by atoms with Crippen molar-refractivity contribution in [3.63, 3.8) is 0 Å². The maximum absolute atomic E-state index is 4.14. The Balaban J connectivity index is 2.12. The Bertz CT molecular complexity index is 288. The van der Waals surface area contributed by atoms with Crippen LogP contribution in [0.4, 0.5) is 0 Å². The van der Waals surface area contributed by atoms with Gasteiger partial charge in [0.2, 0.25) is 0 Å². The van der Waals surface area contributed by atoms with Gasteiger partial charge in [0.05, 0.1) is 11.4 Å². The lowest BCUT2D eigenvalue weighted by Gasteiger charge is -2.02. The molecule has 1 fully saturated rings. The van der Waals surface area contributed by atoms with Crippen molar-refractivity contribution in [2.45, 2.75) is 25.8 Å². The van der Waals surface area contributed by atoms with Crippen LogP contribution in [0.25, 0.3) is 0 Å². The highest BCUT2D eigenvalue weighted by molar-refractivity contribution is 5.11. The molecule has 0 radical (unpaired) electrons. The zero-order valence-electron chi connectivity index (χ0n) is 8.25. The molecule has 0 unspecified atom stereocenters. The van der Waals surface area contributed by atoms with Crippen LogP contribution in [0.3, 0.4) is 0 Å². The molecule has 1 N–H and O–H groups in total. The standard InChI is InChI=1S/C9H16N4/c1-10-6-8-9(5-7-3-4-7)13(2)12-11-8/h7,10H,3-6H2,1-2H3. The lowest BCUT2D eigenvalue weighted by Crippen LogP contribution is -2.09. The molecule has 0 amide bonds. The van der Waals surface area contributed by atoms with E-state index in [0.29, 0.717) is 0 Å². The Morgan fingerprint density at radius 3 is 2.92 bits per heavy atom. The molecule has 13 heavy (non-hydrogen) atoms. The topological polar surface area (TPSA) is 42.7 Å². The molecule has 2 rings (SSSR count). The predicted octanol–water partition coefficient (Wildman–Crippen LogP) is 0.487. The summed E-state index contributed by atoms with van der Waals surface area (Å²) < 4.78 is 1.91.